The van der Waals surface area contributed by atoms with Gasteiger partial charge in [0.15, 0.2) is 6.29 Å². The first-order valence-electron chi connectivity index (χ1n) is 4.15. The maximum Gasteiger partial charge on any atom is 0.184 e. The third kappa shape index (κ3) is 2.04. The molecule has 0 aliphatic carbocycles. The van der Waals surface area contributed by atoms with Crippen LogP contribution in [0.1, 0.15) is 0 Å². The van der Waals surface area contributed by atoms with Gasteiger partial charge in [-0.3, -0.25) is 0 Å². The van der Waals surface area contributed by atoms with Gasteiger partial charge in [-0.2, -0.15) is 0 Å². The van der Waals surface area contributed by atoms with E-state index in [1.165, 1.54) is 0 Å². The minimum Gasteiger partial charge on any atom is -0.394 e. The van der Waals surface area contributed by atoms with Crippen LogP contribution in [0.25, 0.3) is 0 Å². The van der Waals surface area contributed by atoms with Crippen LogP contribution < -0.4 is 0 Å². The van der Waals surface area contributed by atoms with Gasteiger partial charge in [0.2, 0.25) is 0 Å². The van der Waals surface area contributed by atoms with E-state index in [4.69, 9.17) is 20.4 Å². The Morgan fingerprint density at radius 2 is 1.57 bits per heavy atom. The molecule has 1 fully saturated rings. The highest BCUT2D eigenvalue weighted by Gasteiger charge is 2.45. The molecule has 0 saturated carbocycles. The van der Waals surface area contributed by atoms with Crippen molar-refractivity contribution in [3.8, 4) is 0 Å². The van der Waals surface area contributed by atoms with Gasteiger partial charge in [-0.15, -0.1) is 0 Å². The molecule has 14 heavy (non-hydrogen) atoms. The van der Waals surface area contributed by atoms with Gasteiger partial charge in [-0.1, -0.05) is 0 Å². The quantitative estimate of drug-likeness (QED) is 0.275. The average molecular weight is 210 g/mol. The lowest BCUT2D eigenvalue weighted by Crippen LogP contribution is -2.61. The Morgan fingerprint density at radius 1 is 1.00 bits per heavy atom. The molecule has 7 nitrogen and oxygen atoms in total. The van der Waals surface area contributed by atoms with Crippen LogP contribution in [0.2, 0.25) is 0 Å². The van der Waals surface area contributed by atoms with Crippen LogP contribution in [0.15, 0.2) is 0 Å². The number of rotatable bonds is 2. The van der Waals surface area contributed by atoms with Crippen molar-refractivity contribution < 1.29 is 35.4 Å². The summed E-state index contributed by atoms with van der Waals surface area (Å²) < 4.78 is 4.62. The smallest absolute Gasteiger partial charge is 0.184 e. The molecule has 1 rings (SSSR count). The van der Waals surface area contributed by atoms with Crippen LogP contribution in [0, 0.1) is 0 Å². The Morgan fingerprint density at radius 3 is 2.07 bits per heavy atom. The molecule has 1 aliphatic heterocycles. The Hall–Kier alpha value is -0.280. The van der Waals surface area contributed by atoms with Crippen molar-refractivity contribution in [2.24, 2.45) is 0 Å². The normalized spacial score (nSPS) is 46.3. The topological polar surface area (TPSA) is 131 Å². The molecule has 0 radical (unpaired) electrons. The van der Waals surface area contributed by atoms with E-state index in [-0.39, 0.29) is 0 Å². The first kappa shape index (κ1) is 11.8. The van der Waals surface area contributed by atoms with Crippen LogP contribution in [0.3, 0.4) is 0 Å². The van der Waals surface area contributed by atoms with Gasteiger partial charge in [0.25, 0.3) is 0 Å². The summed E-state index contributed by atoms with van der Waals surface area (Å²) in [6.07, 6.45) is -9.26. The van der Waals surface area contributed by atoms with Gasteiger partial charge in [0.05, 0.1) is 6.61 Å². The van der Waals surface area contributed by atoms with Crippen molar-refractivity contribution in [2.45, 2.75) is 36.8 Å². The summed E-state index contributed by atoms with van der Waals surface area (Å²) in [5, 5.41) is 54.3. The first-order chi connectivity index (χ1) is 6.49. The summed E-state index contributed by atoms with van der Waals surface area (Å²) in [7, 11) is 0. The largest absolute Gasteiger partial charge is 0.394 e. The fourth-order valence-electron chi connectivity index (χ4n) is 1.31. The van der Waals surface area contributed by atoms with Crippen molar-refractivity contribution in [3.63, 3.8) is 0 Å². The second-order valence-corrected chi connectivity index (χ2v) is 3.21. The van der Waals surface area contributed by atoms with Crippen molar-refractivity contribution in [2.75, 3.05) is 6.61 Å². The van der Waals surface area contributed by atoms with Gasteiger partial charge >= 0.3 is 0 Å². The molecule has 0 amide bonds. The van der Waals surface area contributed by atoms with Gasteiger partial charge in [0.1, 0.15) is 30.5 Å². The van der Waals surface area contributed by atoms with E-state index < -0.39 is 43.4 Å². The summed E-state index contributed by atoms with van der Waals surface area (Å²) >= 11 is 0. The molecule has 7 heteroatoms. The Bertz CT molecular complexity index is 187. The van der Waals surface area contributed by atoms with Crippen molar-refractivity contribution in [1.82, 2.24) is 0 Å². The molecule has 84 valence electrons. The van der Waals surface area contributed by atoms with E-state index in [1.54, 1.807) is 0 Å². The second-order valence-electron chi connectivity index (χ2n) is 3.21. The van der Waals surface area contributed by atoms with Crippen LogP contribution in [0.5, 0.6) is 0 Å². The van der Waals surface area contributed by atoms with Gasteiger partial charge in [-0.05, 0) is 0 Å². The van der Waals surface area contributed by atoms with Crippen molar-refractivity contribution in [1.29, 1.82) is 0 Å². The molecule has 0 aromatic rings. The van der Waals surface area contributed by atoms with E-state index in [2.05, 4.69) is 4.74 Å². The standard InChI is InChI=1S/C7H14O7/c8-1-2(9)6-4(11)3(10)5(12)7(13)14-6/h2-13H,1H2/t2-,3+,4-,5-,6-,7+/m1/s1. The molecule has 0 spiro atoms. The van der Waals surface area contributed by atoms with E-state index in [0.717, 1.165) is 0 Å². The molecule has 1 aliphatic rings. The molecule has 0 unspecified atom stereocenters. The molecule has 6 N–H and O–H groups in total. The molecule has 1 heterocycles. The van der Waals surface area contributed by atoms with Crippen molar-refractivity contribution >= 4 is 0 Å². The summed E-state index contributed by atoms with van der Waals surface area (Å²) in [6.45, 7) is -0.683. The summed E-state index contributed by atoms with van der Waals surface area (Å²) in [5.41, 5.74) is 0. The highest BCUT2D eigenvalue weighted by atomic mass is 16.6. The fourth-order valence-corrected chi connectivity index (χ4v) is 1.31. The molecule has 0 bridgehead atoms. The Balaban J connectivity index is 2.70. The van der Waals surface area contributed by atoms with E-state index in [9.17, 15) is 10.2 Å². The van der Waals surface area contributed by atoms with E-state index >= 15 is 0 Å². The lowest BCUT2D eigenvalue weighted by molar-refractivity contribution is -0.298. The minimum atomic E-state index is -1.69. The van der Waals surface area contributed by atoms with Crippen LogP contribution in [-0.2, 0) is 4.74 Å². The first-order valence-corrected chi connectivity index (χ1v) is 4.15. The van der Waals surface area contributed by atoms with Crippen LogP contribution in [0.4, 0.5) is 0 Å². The van der Waals surface area contributed by atoms with Gasteiger partial charge in [0, 0.05) is 0 Å². The van der Waals surface area contributed by atoms with Crippen LogP contribution >= 0.6 is 0 Å². The minimum absolute atomic E-state index is 0.683. The number of aliphatic hydroxyl groups is 6. The predicted octanol–water partition coefficient (Wildman–Crippen LogP) is -3.86. The fraction of sp³-hybridized carbons (Fsp3) is 1.00. The molecule has 6 atom stereocenters. The molecule has 0 aromatic heterocycles. The highest BCUT2D eigenvalue weighted by molar-refractivity contribution is 4.91. The summed E-state index contributed by atoms with van der Waals surface area (Å²) in [5.74, 6) is 0. The monoisotopic (exact) mass is 210 g/mol. The summed E-state index contributed by atoms with van der Waals surface area (Å²) in [6, 6.07) is 0. The predicted molar refractivity (Wildman–Crippen MR) is 42.0 cm³/mol. The third-order valence-electron chi connectivity index (χ3n) is 2.19. The second kappa shape index (κ2) is 4.49. The summed E-state index contributed by atoms with van der Waals surface area (Å²) in [4.78, 5) is 0. The zero-order valence-corrected chi connectivity index (χ0v) is 7.26. The van der Waals surface area contributed by atoms with Crippen molar-refractivity contribution in [3.05, 3.63) is 0 Å². The number of hydrogen-bond acceptors (Lipinski definition) is 7. The van der Waals surface area contributed by atoms with Gasteiger partial charge in [-0.25, -0.2) is 0 Å². The number of ether oxygens (including phenoxy) is 1. The molecular formula is C7H14O7. The zero-order chi connectivity index (χ0) is 10.9. The third-order valence-corrected chi connectivity index (χ3v) is 2.19. The maximum atomic E-state index is 9.31. The van der Waals surface area contributed by atoms with E-state index in [0.29, 0.717) is 0 Å². The van der Waals surface area contributed by atoms with E-state index in [1.807, 2.05) is 0 Å². The number of aliphatic hydroxyl groups excluding tert-OH is 6. The Labute approximate surface area is 79.8 Å². The maximum absolute atomic E-state index is 9.31. The molecule has 0 aromatic carbocycles. The molecular weight excluding hydrogens is 196 g/mol. The van der Waals surface area contributed by atoms with Gasteiger partial charge < -0.3 is 35.4 Å². The Kier molecular flexibility index (Phi) is 3.78. The lowest BCUT2D eigenvalue weighted by atomic mass is 9.96. The average Bonchev–Trinajstić information content (AvgIpc) is 2.19. The zero-order valence-electron chi connectivity index (χ0n) is 7.26. The highest BCUT2D eigenvalue weighted by Crippen LogP contribution is 2.21. The lowest BCUT2D eigenvalue weighted by Gasteiger charge is -2.39. The number of hydrogen-bond donors (Lipinski definition) is 6. The molecule has 1 saturated heterocycles. The van der Waals surface area contributed by atoms with Crippen LogP contribution in [-0.4, -0.2) is 74.1 Å². The SMILES string of the molecule is OC[C@@H](O)[C@H]1O[C@H](O)[C@H](O)[C@@H](O)[C@H]1O.